The van der Waals surface area contributed by atoms with E-state index < -0.39 is 5.97 Å². The average molecular weight is 264 g/mol. The molecule has 1 aliphatic rings. The third kappa shape index (κ3) is 3.44. The standard InChI is InChI=1S/C14H20N2O3/c1-19-10-14(6-3-7-14)8-9-15-12-5-2-4-11(16-12)13(17)18/h2,4-5H,3,6-10H2,1H3,(H,15,16)(H,17,18). The van der Waals surface area contributed by atoms with Gasteiger partial charge in [-0.3, -0.25) is 0 Å². The van der Waals surface area contributed by atoms with Gasteiger partial charge in [-0.2, -0.15) is 0 Å². The molecule has 0 radical (unpaired) electrons. The van der Waals surface area contributed by atoms with Crippen LogP contribution in [0, 0.1) is 5.41 Å². The van der Waals surface area contributed by atoms with Gasteiger partial charge in [0.15, 0.2) is 5.69 Å². The van der Waals surface area contributed by atoms with Gasteiger partial charge in [0, 0.05) is 13.7 Å². The van der Waals surface area contributed by atoms with Crippen LogP contribution < -0.4 is 5.32 Å². The van der Waals surface area contributed by atoms with E-state index in [4.69, 9.17) is 9.84 Å². The molecular formula is C14H20N2O3. The van der Waals surface area contributed by atoms with Gasteiger partial charge < -0.3 is 15.2 Å². The van der Waals surface area contributed by atoms with Gasteiger partial charge in [-0.1, -0.05) is 12.5 Å². The van der Waals surface area contributed by atoms with Crippen molar-refractivity contribution in [3.8, 4) is 0 Å². The van der Waals surface area contributed by atoms with E-state index in [-0.39, 0.29) is 5.69 Å². The molecule has 0 aliphatic heterocycles. The molecule has 1 fully saturated rings. The molecule has 0 aromatic carbocycles. The predicted octanol–water partition coefficient (Wildman–Crippen LogP) is 2.40. The Morgan fingerprint density at radius 3 is 2.89 bits per heavy atom. The number of methoxy groups -OCH3 is 1. The Morgan fingerprint density at radius 1 is 1.53 bits per heavy atom. The summed E-state index contributed by atoms with van der Waals surface area (Å²) in [6.45, 7) is 1.59. The van der Waals surface area contributed by atoms with Gasteiger partial charge in [0.1, 0.15) is 5.82 Å². The summed E-state index contributed by atoms with van der Waals surface area (Å²) < 4.78 is 5.28. The number of carboxylic acids is 1. The van der Waals surface area contributed by atoms with Crippen molar-refractivity contribution in [1.29, 1.82) is 0 Å². The van der Waals surface area contributed by atoms with E-state index in [1.807, 2.05) is 0 Å². The number of nitrogens with zero attached hydrogens (tertiary/aromatic N) is 1. The summed E-state index contributed by atoms with van der Waals surface area (Å²) in [5.74, 6) is -0.384. The van der Waals surface area contributed by atoms with Crippen molar-refractivity contribution in [1.82, 2.24) is 4.98 Å². The molecule has 1 aromatic heterocycles. The van der Waals surface area contributed by atoms with Gasteiger partial charge in [0.2, 0.25) is 0 Å². The zero-order valence-corrected chi connectivity index (χ0v) is 11.2. The van der Waals surface area contributed by atoms with Gasteiger partial charge in [-0.15, -0.1) is 0 Å². The van der Waals surface area contributed by atoms with Crippen molar-refractivity contribution in [2.45, 2.75) is 25.7 Å². The van der Waals surface area contributed by atoms with Crippen LogP contribution in [0.3, 0.4) is 0 Å². The van der Waals surface area contributed by atoms with Crippen molar-refractivity contribution < 1.29 is 14.6 Å². The van der Waals surface area contributed by atoms with Crippen LogP contribution in [0.2, 0.25) is 0 Å². The van der Waals surface area contributed by atoms with Crippen LogP contribution in [-0.4, -0.2) is 36.3 Å². The molecule has 1 heterocycles. The lowest BCUT2D eigenvalue weighted by Crippen LogP contribution is -2.36. The molecule has 0 spiro atoms. The van der Waals surface area contributed by atoms with Gasteiger partial charge in [0.05, 0.1) is 6.61 Å². The topological polar surface area (TPSA) is 71.5 Å². The lowest BCUT2D eigenvalue weighted by atomic mass is 9.67. The molecule has 1 aliphatic carbocycles. The first-order chi connectivity index (χ1) is 9.15. The fourth-order valence-corrected chi connectivity index (χ4v) is 2.56. The normalized spacial score (nSPS) is 16.7. The highest BCUT2D eigenvalue weighted by atomic mass is 16.5. The highest BCUT2D eigenvalue weighted by Crippen LogP contribution is 2.43. The number of carboxylic acid groups (broad SMARTS) is 1. The van der Waals surface area contributed by atoms with Crippen LogP contribution >= 0.6 is 0 Å². The zero-order valence-electron chi connectivity index (χ0n) is 11.2. The molecule has 2 N–H and O–H groups in total. The average Bonchev–Trinajstić information content (AvgIpc) is 2.36. The van der Waals surface area contributed by atoms with Gasteiger partial charge in [0.25, 0.3) is 0 Å². The second-order valence-corrected chi connectivity index (χ2v) is 5.18. The summed E-state index contributed by atoms with van der Waals surface area (Å²) in [6.07, 6.45) is 4.73. The molecule has 19 heavy (non-hydrogen) atoms. The van der Waals surface area contributed by atoms with Crippen LogP contribution in [0.15, 0.2) is 18.2 Å². The molecule has 0 unspecified atom stereocenters. The largest absolute Gasteiger partial charge is 0.477 e. The lowest BCUT2D eigenvalue weighted by molar-refractivity contribution is 0.0132. The molecule has 2 rings (SSSR count). The molecule has 1 aromatic rings. The van der Waals surface area contributed by atoms with Crippen LogP contribution in [0.1, 0.15) is 36.2 Å². The number of hydrogen-bond acceptors (Lipinski definition) is 4. The van der Waals surface area contributed by atoms with Gasteiger partial charge in [-0.05, 0) is 36.8 Å². The Labute approximate surface area is 113 Å². The first-order valence-electron chi connectivity index (χ1n) is 6.58. The fourth-order valence-electron chi connectivity index (χ4n) is 2.56. The number of pyridine rings is 1. The summed E-state index contributed by atoms with van der Waals surface area (Å²) in [5, 5.41) is 12.1. The highest BCUT2D eigenvalue weighted by Gasteiger charge is 2.36. The molecule has 0 amide bonds. The van der Waals surface area contributed by atoms with Crippen molar-refractivity contribution in [2.24, 2.45) is 5.41 Å². The minimum atomic E-state index is -1.00. The number of carbonyl (C=O) groups is 1. The molecule has 1 saturated carbocycles. The third-order valence-electron chi connectivity index (χ3n) is 3.79. The first kappa shape index (κ1) is 13.8. The molecule has 104 valence electrons. The summed E-state index contributed by atoms with van der Waals surface area (Å²) >= 11 is 0. The van der Waals surface area contributed by atoms with Crippen molar-refractivity contribution in [2.75, 3.05) is 25.6 Å². The minimum Gasteiger partial charge on any atom is -0.477 e. The van der Waals surface area contributed by atoms with Crippen molar-refractivity contribution in [3.05, 3.63) is 23.9 Å². The third-order valence-corrected chi connectivity index (χ3v) is 3.79. The van der Waals surface area contributed by atoms with E-state index in [0.29, 0.717) is 11.2 Å². The number of ether oxygens (including phenoxy) is 1. The molecule has 0 atom stereocenters. The maximum absolute atomic E-state index is 10.8. The zero-order chi connectivity index (χ0) is 13.7. The minimum absolute atomic E-state index is 0.0697. The van der Waals surface area contributed by atoms with E-state index in [0.717, 1.165) is 19.6 Å². The van der Waals surface area contributed by atoms with E-state index in [1.165, 1.54) is 25.3 Å². The second-order valence-electron chi connectivity index (χ2n) is 5.18. The number of aromatic nitrogens is 1. The van der Waals surface area contributed by atoms with Crippen LogP contribution in [0.5, 0.6) is 0 Å². The SMILES string of the molecule is COCC1(CCNc2cccc(C(=O)O)n2)CCC1. The lowest BCUT2D eigenvalue weighted by Gasteiger charge is -2.41. The number of rotatable bonds is 7. The summed E-state index contributed by atoms with van der Waals surface area (Å²) in [4.78, 5) is 14.9. The Morgan fingerprint density at radius 2 is 2.32 bits per heavy atom. The first-order valence-corrected chi connectivity index (χ1v) is 6.58. The number of aromatic carboxylic acids is 1. The van der Waals surface area contributed by atoms with Crippen LogP contribution in [-0.2, 0) is 4.74 Å². The summed E-state index contributed by atoms with van der Waals surface area (Å²) in [5.41, 5.74) is 0.381. The smallest absolute Gasteiger partial charge is 0.354 e. The number of hydrogen-bond donors (Lipinski definition) is 2. The fraction of sp³-hybridized carbons (Fsp3) is 0.571. The van der Waals surface area contributed by atoms with E-state index in [9.17, 15) is 4.79 Å². The van der Waals surface area contributed by atoms with Crippen LogP contribution in [0.4, 0.5) is 5.82 Å². The molecule has 5 heteroatoms. The predicted molar refractivity (Wildman–Crippen MR) is 72.5 cm³/mol. The van der Waals surface area contributed by atoms with Gasteiger partial charge >= 0.3 is 5.97 Å². The van der Waals surface area contributed by atoms with E-state index in [1.54, 1.807) is 19.2 Å². The van der Waals surface area contributed by atoms with E-state index >= 15 is 0 Å². The quantitative estimate of drug-likeness (QED) is 0.791. The Balaban J connectivity index is 1.85. The van der Waals surface area contributed by atoms with Gasteiger partial charge in [-0.25, -0.2) is 9.78 Å². The Bertz CT molecular complexity index is 444. The molecular weight excluding hydrogens is 244 g/mol. The molecule has 5 nitrogen and oxygen atoms in total. The Kier molecular flexibility index (Phi) is 4.37. The highest BCUT2D eigenvalue weighted by molar-refractivity contribution is 5.85. The van der Waals surface area contributed by atoms with E-state index in [2.05, 4.69) is 10.3 Å². The molecule has 0 saturated heterocycles. The number of nitrogens with one attached hydrogen (secondary N) is 1. The maximum atomic E-state index is 10.8. The monoisotopic (exact) mass is 264 g/mol. The second kappa shape index (κ2) is 6.02. The number of anilines is 1. The summed E-state index contributed by atoms with van der Waals surface area (Å²) in [6, 6.07) is 4.98. The van der Waals surface area contributed by atoms with Crippen molar-refractivity contribution in [3.63, 3.8) is 0 Å². The summed E-state index contributed by atoms with van der Waals surface area (Å²) in [7, 11) is 1.74. The Hall–Kier alpha value is -1.62. The molecule has 0 bridgehead atoms. The van der Waals surface area contributed by atoms with Crippen LogP contribution in [0.25, 0.3) is 0 Å². The maximum Gasteiger partial charge on any atom is 0.354 e. The van der Waals surface area contributed by atoms with Crippen molar-refractivity contribution >= 4 is 11.8 Å².